The molecule has 2 nitrogen and oxygen atoms in total. The Kier molecular flexibility index (Phi) is 3.33. The van der Waals surface area contributed by atoms with Crippen LogP contribution in [0, 0.1) is 12.7 Å². The van der Waals surface area contributed by atoms with E-state index in [9.17, 15) is 4.39 Å². The van der Waals surface area contributed by atoms with E-state index in [1.165, 1.54) is 30.5 Å². The van der Waals surface area contributed by atoms with E-state index >= 15 is 0 Å². The first kappa shape index (κ1) is 13.6. The summed E-state index contributed by atoms with van der Waals surface area (Å²) >= 11 is 0. The number of aryl methyl sites for hydroxylation is 1. The van der Waals surface area contributed by atoms with Gasteiger partial charge in [-0.1, -0.05) is 19.3 Å². The Morgan fingerprint density at radius 2 is 1.95 bits per heavy atom. The van der Waals surface area contributed by atoms with Gasteiger partial charge in [-0.15, -0.1) is 0 Å². The first-order valence-electron chi connectivity index (χ1n) is 7.54. The summed E-state index contributed by atoms with van der Waals surface area (Å²) in [4.78, 5) is 0. The molecule has 2 aromatic rings. The summed E-state index contributed by atoms with van der Waals surface area (Å²) in [5.41, 5.74) is 9.84. The van der Waals surface area contributed by atoms with Gasteiger partial charge in [0.1, 0.15) is 5.82 Å². The third-order valence-electron chi connectivity index (χ3n) is 5.19. The monoisotopic (exact) mass is 274 g/mol. The molecule has 1 aliphatic carbocycles. The average molecular weight is 274 g/mol. The summed E-state index contributed by atoms with van der Waals surface area (Å²) in [7, 11) is 2.06. The van der Waals surface area contributed by atoms with Crippen molar-refractivity contribution in [2.24, 2.45) is 12.8 Å². The minimum Gasteiger partial charge on any atom is -0.348 e. The van der Waals surface area contributed by atoms with Gasteiger partial charge in [-0.2, -0.15) is 0 Å². The number of nitrogens with zero attached hydrogens (tertiary/aromatic N) is 1. The maximum Gasteiger partial charge on any atom is 0.123 e. The number of hydrogen-bond acceptors (Lipinski definition) is 1. The molecular formula is C17H23FN2. The molecule has 20 heavy (non-hydrogen) atoms. The molecule has 3 rings (SSSR count). The number of nitrogens with two attached hydrogens (primary N) is 1. The molecule has 2 N–H and O–H groups in total. The predicted molar refractivity (Wildman–Crippen MR) is 81.4 cm³/mol. The summed E-state index contributed by atoms with van der Waals surface area (Å²) in [5, 5.41) is 1.05. The van der Waals surface area contributed by atoms with Gasteiger partial charge >= 0.3 is 0 Å². The molecule has 1 heterocycles. The summed E-state index contributed by atoms with van der Waals surface area (Å²) in [6, 6.07) is 5.11. The Morgan fingerprint density at radius 3 is 2.60 bits per heavy atom. The number of benzene rings is 1. The van der Waals surface area contributed by atoms with Gasteiger partial charge in [-0.25, -0.2) is 4.39 Å². The van der Waals surface area contributed by atoms with Crippen molar-refractivity contribution >= 4 is 10.9 Å². The van der Waals surface area contributed by atoms with Gasteiger partial charge in [0.25, 0.3) is 0 Å². The van der Waals surface area contributed by atoms with Gasteiger partial charge in [0.05, 0.1) is 0 Å². The van der Waals surface area contributed by atoms with Crippen molar-refractivity contribution in [2.75, 3.05) is 6.54 Å². The van der Waals surface area contributed by atoms with Gasteiger partial charge in [0.2, 0.25) is 0 Å². The Labute approximate surface area is 119 Å². The molecule has 0 unspecified atom stereocenters. The minimum absolute atomic E-state index is 0.0373. The molecule has 1 saturated carbocycles. The van der Waals surface area contributed by atoms with Gasteiger partial charge in [0, 0.05) is 35.6 Å². The second kappa shape index (κ2) is 4.88. The number of halogens is 1. The zero-order chi connectivity index (χ0) is 14.3. The van der Waals surface area contributed by atoms with E-state index < -0.39 is 0 Å². The average Bonchev–Trinajstić information content (AvgIpc) is 2.71. The van der Waals surface area contributed by atoms with Crippen LogP contribution in [0.2, 0.25) is 0 Å². The fourth-order valence-electron chi connectivity index (χ4n) is 4.00. The van der Waals surface area contributed by atoms with E-state index in [-0.39, 0.29) is 11.2 Å². The van der Waals surface area contributed by atoms with E-state index in [2.05, 4.69) is 18.5 Å². The number of hydrogen-bond donors (Lipinski definition) is 1. The zero-order valence-corrected chi connectivity index (χ0v) is 12.4. The van der Waals surface area contributed by atoms with Crippen molar-refractivity contribution < 1.29 is 4.39 Å². The van der Waals surface area contributed by atoms with Crippen LogP contribution in [0.1, 0.15) is 43.4 Å². The molecule has 0 spiro atoms. The second-order valence-corrected chi connectivity index (χ2v) is 6.23. The Balaban J connectivity index is 2.28. The van der Waals surface area contributed by atoms with Crippen molar-refractivity contribution in [3.63, 3.8) is 0 Å². The fourth-order valence-corrected chi connectivity index (χ4v) is 4.00. The van der Waals surface area contributed by atoms with Crippen LogP contribution in [0.4, 0.5) is 4.39 Å². The van der Waals surface area contributed by atoms with Gasteiger partial charge in [-0.3, -0.25) is 0 Å². The smallest absolute Gasteiger partial charge is 0.123 e. The Hall–Kier alpha value is -1.35. The molecule has 0 atom stereocenters. The molecule has 108 valence electrons. The van der Waals surface area contributed by atoms with Crippen molar-refractivity contribution in [3.8, 4) is 0 Å². The number of rotatable bonds is 2. The van der Waals surface area contributed by atoms with Crippen LogP contribution in [0.15, 0.2) is 18.2 Å². The molecule has 0 amide bonds. The van der Waals surface area contributed by atoms with Gasteiger partial charge in [0.15, 0.2) is 0 Å². The van der Waals surface area contributed by atoms with Crippen molar-refractivity contribution in [3.05, 3.63) is 35.3 Å². The molecule has 0 bridgehead atoms. The van der Waals surface area contributed by atoms with E-state index in [0.717, 1.165) is 23.7 Å². The Bertz CT molecular complexity index is 636. The normalized spacial score (nSPS) is 18.6. The molecule has 1 aromatic heterocycles. The molecule has 3 heteroatoms. The summed E-state index contributed by atoms with van der Waals surface area (Å²) in [5.74, 6) is -0.160. The van der Waals surface area contributed by atoms with Crippen molar-refractivity contribution in [1.29, 1.82) is 0 Å². The largest absolute Gasteiger partial charge is 0.348 e. The van der Waals surface area contributed by atoms with Crippen LogP contribution in [-0.2, 0) is 12.5 Å². The van der Waals surface area contributed by atoms with Crippen molar-refractivity contribution in [1.82, 2.24) is 4.57 Å². The lowest BCUT2D eigenvalue weighted by Crippen LogP contribution is -2.37. The fraction of sp³-hybridized carbons (Fsp3) is 0.529. The molecular weight excluding hydrogens is 251 g/mol. The molecule has 1 fully saturated rings. The highest BCUT2D eigenvalue weighted by molar-refractivity contribution is 5.87. The SMILES string of the molecule is Cc1c(C2(CN)CCCCC2)c2cc(F)ccc2n1C. The van der Waals surface area contributed by atoms with Crippen LogP contribution in [0.3, 0.4) is 0 Å². The van der Waals surface area contributed by atoms with E-state index in [1.54, 1.807) is 12.1 Å². The van der Waals surface area contributed by atoms with Crippen LogP contribution in [0.5, 0.6) is 0 Å². The molecule has 0 radical (unpaired) electrons. The lowest BCUT2D eigenvalue weighted by molar-refractivity contribution is 0.301. The molecule has 1 aliphatic rings. The maximum absolute atomic E-state index is 13.7. The zero-order valence-electron chi connectivity index (χ0n) is 12.4. The summed E-state index contributed by atoms with van der Waals surface area (Å²) in [6.07, 6.45) is 5.99. The Morgan fingerprint density at radius 1 is 1.25 bits per heavy atom. The quantitative estimate of drug-likeness (QED) is 0.887. The van der Waals surface area contributed by atoms with Crippen molar-refractivity contribution in [2.45, 2.75) is 44.4 Å². The molecule has 0 saturated heterocycles. The molecule has 0 aliphatic heterocycles. The van der Waals surface area contributed by atoms with Gasteiger partial charge < -0.3 is 10.3 Å². The summed E-state index contributed by atoms with van der Waals surface area (Å²) in [6.45, 7) is 2.79. The minimum atomic E-state index is -0.160. The first-order valence-corrected chi connectivity index (χ1v) is 7.54. The second-order valence-electron chi connectivity index (χ2n) is 6.23. The van der Waals surface area contributed by atoms with Crippen LogP contribution < -0.4 is 5.73 Å². The third-order valence-corrected chi connectivity index (χ3v) is 5.19. The third kappa shape index (κ3) is 1.87. The topological polar surface area (TPSA) is 30.9 Å². The van der Waals surface area contributed by atoms with Gasteiger partial charge in [-0.05, 0) is 43.5 Å². The van der Waals surface area contributed by atoms with Crippen LogP contribution in [-0.4, -0.2) is 11.1 Å². The lowest BCUT2D eigenvalue weighted by Gasteiger charge is -2.37. The highest BCUT2D eigenvalue weighted by Gasteiger charge is 2.36. The summed E-state index contributed by atoms with van der Waals surface area (Å²) < 4.78 is 15.9. The van der Waals surface area contributed by atoms with Crippen LogP contribution in [0.25, 0.3) is 10.9 Å². The standard InChI is InChI=1S/C17H23FN2/c1-12-16(17(11-19)8-4-3-5-9-17)14-10-13(18)6-7-15(14)20(12)2/h6-7,10H,3-5,8-9,11,19H2,1-2H3. The maximum atomic E-state index is 13.7. The number of aromatic nitrogens is 1. The van der Waals surface area contributed by atoms with Crippen LogP contribution >= 0.6 is 0 Å². The number of fused-ring (bicyclic) bond motifs is 1. The molecule has 1 aromatic carbocycles. The lowest BCUT2D eigenvalue weighted by atomic mass is 9.68. The van der Waals surface area contributed by atoms with E-state index in [1.807, 2.05) is 6.07 Å². The highest BCUT2D eigenvalue weighted by atomic mass is 19.1. The predicted octanol–water partition coefficient (Wildman–Crippen LogP) is 3.79. The van der Waals surface area contributed by atoms with E-state index in [0.29, 0.717) is 6.54 Å². The first-order chi connectivity index (χ1) is 9.59. The highest BCUT2D eigenvalue weighted by Crippen LogP contribution is 2.44. The van der Waals surface area contributed by atoms with E-state index in [4.69, 9.17) is 5.73 Å².